The van der Waals surface area contributed by atoms with Crippen LogP contribution in [-0.4, -0.2) is 27.9 Å². The Hall–Kier alpha value is -4.59. The average molecular weight is 495 g/mol. The number of hydrogen-bond donors (Lipinski definition) is 1. The zero-order valence-corrected chi connectivity index (χ0v) is 20.8. The molecule has 186 valence electrons. The maximum atomic E-state index is 13.3. The maximum Gasteiger partial charge on any atom is 0.322 e. The first-order chi connectivity index (χ1) is 18.0. The zero-order chi connectivity index (χ0) is 25.5. The van der Waals surface area contributed by atoms with Crippen LogP contribution in [0, 0.1) is 13.8 Å². The van der Waals surface area contributed by atoms with Crippen LogP contribution in [0.4, 0.5) is 4.79 Å². The summed E-state index contributed by atoms with van der Waals surface area (Å²) in [5, 5.41) is 7.42. The number of aromatic nitrogens is 2. The summed E-state index contributed by atoms with van der Waals surface area (Å²) < 4.78 is 16.7. The standard InChI is InChI=1S/C29H26N4O4/c1-17-7-9-21(10-8-17)26-25(19(3)33(29(34)30-26)15-20-6-4-5-18(2)13-20)28-31-27(32-37-28)22-11-12-23-24(14-22)36-16-35-23/h4-14,26H,15-16H2,1-3H3,(H,30,34). The van der Waals surface area contributed by atoms with Crippen molar-refractivity contribution in [2.75, 3.05) is 6.79 Å². The van der Waals surface area contributed by atoms with E-state index in [1.807, 2.05) is 81.4 Å². The number of benzene rings is 3. The van der Waals surface area contributed by atoms with Crippen LogP contribution in [0.1, 0.15) is 41.1 Å². The van der Waals surface area contributed by atoms with Gasteiger partial charge in [-0.1, -0.05) is 64.8 Å². The van der Waals surface area contributed by atoms with Gasteiger partial charge in [0.2, 0.25) is 12.6 Å². The Kier molecular flexibility index (Phi) is 5.64. The molecule has 4 aromatic rings. The summed E-state index contributed by atoms with van der Waals surface area (Å²) in [5.74, 6) is 2.11. The van der Waals surface area contributed by atoms with Gasteiger partial charge in [0, 0.05) is 11.3 Å². The van der Waals surface area contributed by atoms with E-state index >= 15 is 0 Å². The monoisotopic (exact) mass is 494 g/mol. The Morgan fingerprint density at radius 1 is 0.946 bits per heavy atom. The average Bonchev–Trinajstić information content (AvgIpc) is 3.56. The van der Waals surface area contributed by atoms with Gasteiger partial charge in [-0.15, -0.1) is 0 Å². The van der Waals surface area contributed by atoms with Gasteiger partial charge in [-0.3, -0.25) is 4.90 Å². The van der Waals surface area contributed by atoms with Gasteiger partial charge in [-0.05, 0) is 50.1 Å². The maximum absolute atomic E-state index is 13.3. The summed E-state index contributed by atoms with van der Waals surface area (Å²) in [6.07, 6.45) is 0. The summed E-state index contributed by atoms with van der Waals surface area (Å²) in [6.45, 7) is 6.61. The first-order valence-corrected chi connectivity index (χ1v) is 12.1. The van der Waals surface area contributed by atoms with Gasteiger partial charge in [-0.25, -0.2) is 4.79 Å². The van der Waals surface area contributed by atoms with Crippen molar-refractivity contribution in [3.05, 3.63) is 101 Å². The summed E-state index contributed by atoms with van der Waals surface area (Å²) in [5.41, 5.74) is 6.52. The Morgan fingerprint density at radius 2 is 1.76 bits per heavy atom. The number of urea groups is 1. The quantitative estimate of drug-likeness (QED) is 0.378. The second-order valence-electron chi connectivity index (χ2n) is 9.36. The molecule has 2 aliphatic heterocycles. The number of fused-ring (bicyclic) bond motifs is 1. The molecule has 0 saturated heterocycles. The highest BCUT2D eigenvalue weighted by Crippen LogP contribution is 2.39. The van der Waals surface area contributed by atoms with Gasteiger partial charge < -0.3 is 19.3 Å². The lowest BCUT2D eigenvalue weighted by molar-refractivity contribution is 0.174. The third kappa shape index (κ3) is 4.31. The van der Waals surface area contributed by atoms with Gasteiger partial charge in [0.05, 0.1) is 18.2 Å². The molecule has 0 saturated carbocycles. The van der Waals surface area contributed by atoms with Gasteiger partial charge in [-0.2, -0.15) is 4.98 Å². The Morgan fingerprint density at radius 3 is 2.57 bits per heavy atom. The minimum atomic E-state index is -0.438. The molecular weight excluding hydrogens is 468 g/mol. The third-order valence-electron chi connectivity index (χ3n) is 6.72. The molecule has 0 bridgehead atoms. The highest BCUT2D eigenvalue weighted by atomic mass is 16.7. The molecule has 0 radical (unpaired) electrons. The molecule has 0 aliphatic carbocycles. The van der Waals surface area contributed by atoms with E-state index in [-0.39, 0.29) is 12.8 Å². The molecule has 1 aromatic heterocycles. The van der Waals surface area contributed by atoms with Crippen LogP contribution in [0.2, 0.25) is 0 Å². The number of aryl methyl sites for hydroxylation is 2. The number of carbonyl (C=O) groups excluding carboxylic acids is 1. The molecule has 6 rings (SSSR count). The highest BCUT2D eigenvalue weighted by Gasteiger charge is 2.36. The number of rotatable bonds is 5. The lowest BCUT2D eigenvalue weighted by Crippen LogP contribution is -2.45. The molecule has 3 heterocycles. The van der Waals surface area contributed by atoms with Crippen LogP contribution in [0.5, 0.6) is 11.5 Å². The fourth-order valence-electron chi connectivity index (χ4n) is 4.74. The first kappa shape index (κ1) is 22.8. The normalized spacial score (nSPS) is 16.8. The Bertz CT molecular complexity index is 1520. The Labute approximate surface area is 214 Å². The minimum Gasteiger partial charge on any atom is -0.454 e. The number of amides is 2. The number of nitrogens with one attached hydrogen (secondary N) is 1. The number of ether oxygens (including phenoxy) is 2. The molecule has 1 atom stereocenters. The van der Waals surface area contributed by atoms with Crippen molar-refractivity contribution in [3.8, 4) is 22.9 Å². The van der Waals surface area contributed by atoms with Crippen LogP contribution in [0.3, 0.4) is 0 Å². The molecule has 3 aromatic carbocycles. The number of hydrogen-bond acceptors (Lipinski definition) is 6. The number of nitrogens with zero attached hydrogens (tertiary/aromatic N) is 3. The molecule has 2 amide bonds. The topological polar surface area (TPSA) is 89.7 Å². The van der Waals surface area contributed by atoms with Crippen molar-refractivity contribution in [3.63, 3.8) is 0 Å². The van der Waals surface area contributed by atoms with Gasteiger partial charge in [0.25, 0.3) is 5.89 Å². The largest absolute Gasteiger partial charge is 0.454 e. The predicted octanol–water partition coefficient (Wildman–Crippen LogP) is 5.78. The highest BCUT2D eigenvalue weighted by molar-refractivity contribution is 5.87. The molecular formula is C29H26N4O4. The van der Waals surface area contributed by atoms with Crippen molar-refractivity contribution in [1.29, 1.82) is 0 Å². The summed E-state index contributed by atoms with van der Waals surface area (Å²) in [4.78, 5) is 19.8. The molecule has 0 spiro atoms. The minimum absolute atomic E-state index is 0.177. The fraction of sp³-hybridized carbons (Fsp3) is 0.207. The van der Waals surface area contributed by atoms with E-state index in [2.05, 4.69) is 16.5 Å². The molecule has 8 nitrogen and oxygen atoms in total. The van der Waals surface area contributed by atoms with E-state index < -0.39 is 6.04 Å². The van der Waals surface area contributed by atoms with E-state index in [4.69, 9.17) is 19.0 Å². The van der Waals surface area contributed by atoms with Crippen LogP contribution >= 0.6 is 0 Å². The first-order valence-electron chi connectivity index (χ1n) is 12.1. The summed E-state index contributed by atoms with van der Waals surface area (Å²) >= 11 is 0. The lowest BCUT2D eigenvalue weighted by atomic mass is 9.94. The summed E-state index contributed by atoms with van der Waals surface area (Å²) in [6, 6.07) is 21.1. The van der Waals surface area contributed by atoms with E-state index in [1.54, 1.807) is 4.90 Å². The second kappa shape index (κ2) is 9.13. The van der Waals surface area contributed by atoms with E-state index in [0.29, 0.717) is 29.8 Å². The molecule has 37 heavy (non-hydrogen) atoms. The van der Waals surface area contributed by atoms with Crippen molar-refractivity contribution in [1.82, 2.24) is 20.4 Å². The van der Waals surface area contributed by atoms with Crippen LogP contribution in [0.15, 0.2) is 77.0 Å². The summed E-state index contributed by atoms with van der Waals surface area (Å²) in [7, 11) is 0. The molecule has 0 fully saturated rings. The van der Waals surface area contributed by atoms with Crippen molar-refractivity contribution in [2.45, 2.75) is 33.4 Å². The van der Waals surface area contributed by atoms with Crippen molar-refractivity contribution >= 4 is 11.6 Å². The van der Waals surface area contributed by atoms with Gasteiger partial charge in [0.15, 0.2) is 11.5 Å². The molecule has 1 unspecified atom stereocenters. The van der Waals surface area contributed by atoms with Crippen LogP contribution in [0.25, 0.3) is 17.0 Å². The molecule has 2 aliphatic rings. The number of allylic oxidation sites excluding steroid dienone is 1. The van der Waals surface area contributed by atoms with Crippen LogP contribution in [-0.2, 0) is 6.54 Å². The lowest BCUT2D eigenvalue weighted by Gasteiger charge is -2.35. The third-order valence-corrected chi connectivity index (χ3v) is 6.72. The number of carbonyl (C=O) groups is 1. The van der Waals surface area contributed by atoms with E-state index in [1.165, 1.54) is 0 Å². The van der Waals surface area contributed by atoms with E-state index in [0.717, 1.165) is 39.1 Å². The molecule has 8 heteroatoms. The van der Waals surface area contributed by atoms with Gasteiger partial charge in [0.1, 0.15) is 0 Å². The molecule has 1 N–H and O–H groups in total. The van der Waals surface area contributed by atoms with E-state index in [9.17, 15) is 4.79 Å². The fourth-order valence-corrected chi connectivity index (χ4v) is 4.74. The second-order valence-corrected chi connectivity index (χ2v) is 9.36. The van der Waals surface area contributed by atoms with Gasteiger partial charge >= 0.3 is 6.03 Å². The van der Waals surface area contributed by atoms with Crippen molar-refractivity contribution < 1.29 is 18.8 Å². The zero-order valence-electron chi connectivity index (χ0n) is 20.8. The predicted molar refractivity (Wildman–Crippen MR) is 138 cm³/mol. The smallest absolute Gasteiger partial charge is 0.322 e. The SMILES string of the molecule is CC1=C(c2nc(-c3ccc4c(c3)OCO4)no2)C(c2ccc(C)cc2)NC(=O)N1Cc1cccc(C)c1. The van der Waals surface area contributed by atoms with Crippen LogP contribution < -0.4 is 14.8 Å². The van der Waals surface area contributed by atoms with Crippen molar-refractivity contribution in [2.24, 2.45) is 0 Å². The Balaban J connectivity index is 1.42.